The number of hydrogen-bond donors (Lipinski definition) is 0. The van der Waals surface area contributed by atoms with Crippen molar-refractivity contribution in [2.45, 2.75) is 104 Å². The Kier molecular flexibility index (Phi) is 26.0. The topological polar surface area (TPSA) is 83.0 Å². The molecule has 0 fully saturated rings. The van der Waals surface area contributed by atoms with Gasteiger partial charge in [0.05, 0.1) is 11.6 Å². The second-order valence-electron chi connectivity index (χ2n) is 38.6. The first-order valence-corrected chi connectivity index (χ1v) is 47.1. The minimum atomic E-state index is -0.367. The third-order valence-corrected chi connectivity index (χ3v) is 27.5. The van der Waals surface area contributed by atoms with Crippen LogP contribution in [0, 0.1) is 36.4 Å². The quantitative estimate of drug-likeness (QED) is 0.0904. The third-order valence-electron chi connectivity index (χ3n) is 27.5. The Morgan fingerprint density at radius 2 is 0.536 bits per heavy atom. The van der Waals surface area contributed by atoms with Crippen molar-refractivity contribution in [2.75, 3.05) is 0 Å². The fourth-order valence-corrected chi connectivity index (χ4v) is 19.9. The predicted molar refractivity (Wildman–Crippen MR) is 565 cm³/mol. The summed E-state index contributed by atoms with van der Waals surface area (Å²) >= 11 is 0. The number of imidazole rings is 3. The zero-order valence-electron chi connectivity index (χ0n) is 80.0. The van der Waals surface area contributed by atoms with Gasteiger partial charge in [0.15, 0.2) is 52.1 Å². The number of aryl methyl sites for hydroxylation is 1. The van der Waals surface area contributed by atoms with E-state index in [0.717, 1.165) is 145 Å². The molecule has 24 rings (SSSR count). The monoisotopic (exact) mass is 2360 g/mol. The van der Waals surface area contributed by atoms with Crippen LogP contribution in [0.5, 0.6) is 0 Å². The van der Waals surface area contributed by atoms with E-state index in [0.29, 0.717) is 6.04 Å². The first kappa shape index (κ1) is 94.6. The predicted octanol–water partition coefficient (Wildman–Crippen LogP) is 30.3. The number of fused-ring (bicyclic) bond motifs is 12. The molecule has 24 aromatic rings. The van der Waals surface area contributed by atoms with Crippen molar-refractivity contribution in [3.8, 4) is 67.9 Å². The Hall–Kier alpha value is -14.4. The van der Waals surface area contributed by atoms with Crippen LogP contribution >= 0.6 is 0 Å². The van der Waals surface area contributed by atoms with Crippen LogP contribution in [-0.4, -0.2) is 56.1 Å². The van der Waals surface area contributed by atoms with E-state index < -0.39 is 0 Å². The van der Waals surface area contributed by atoms with Crippen molar-refractivity contribution in [1.82, 2.24) is 56.1 Å². The van der Waals surface area contributed by atoms with E-state index in [9.17, 15) is 0 Å². The molecule has 696 valence electrons. The van der Waals surface area contributed by atoms with Crippen LogP contribution in [0.25, 0.3) is 166 Å². The van der Waals surface area contributed by atoms with Gasteiger partial charge < -0.3 is 13.7 Å². The Balaban J connectivity index is 0.000000132. The van der Waals surface area contributed by atoms with Gasteiger partial charge in [-0.2, -0.15) is 108 Å². The van der Waals surface area contributed by atoms with E-state index in [-0.39, 0.29) is 85.0 Å². The van der Waals surface area contributed by atoms with E-state index in [4.69, 9.17) is 15.0 Å². The fourth-order valence-electron chi connectivity index (χ4n) is 19.9. The van der Waals surface area contributed by atoms with Crippen LogP contribution in [0.15, 0.2) is 402 Å². The SMILES string of the molecule is CC(C)(c1[c-]c(-n2[cH+]n(C(C)(C)C)c3ccccc32)ccc1)c1[c-]c2c(cc1)c1ccccc1n2-c1cc(-c2ccccc2)ccn1.CC(C)n1[cH+]n(-c2[c-]c(C(C)(C)c3[c-]c4c(cc3)c3ccccc3n4-c3cc(-c4ccccc4)ccn3)ccc2)c2ccccc21.Cn1[cH+]n(-c2[c-]c(C(C)(C)c3[c-]c4c(cc3)c3ccccc3n4-c3cc(-c4ccccc4)ccn3)ccc2)c2ccccc21.[Pt].[Pt].[Pt]. The molecule has 0 atom stereocenters. The van der Waals surface area contributed by atoms with Crippen molar-refractivity contribution >= 4 is 98.5 Å². The minimum Gasteiger partial charge on any atom is -0.319 e. The van der Waals surface area contributed by atoms with Crippen molar-refractivity contribution in [3.63, 3.8) is 0 Å². The molecule has 0 saturated heterocycles. The average molecular weight is 2360 g/mol. The number of aromatic nitrogens is 12. The summed E-state index contributed by atoms with van der Waals surface area (Å²) in [5, 5.41) is 7.06. The third kappa shape index (κ3) is 17.2. The molecule has 0 radical (unpaired) electrons. The summed E-state index contributed by atoms with van der Waals surface area (Å²) in [6.07, 6.45) is 12.2. The van der Waals surface area contributed by atoms with Gasteiger partial charge in [0, 0.05) is 159 Å². The number of para-hydroxylation sites is 9. The van der Waals surface area contributed by atoms with E-state index >= 15 is 0 Å². The Morgan fingerprint density at radius 1 is 0.250 bits per heavy atom. The second-order valence-corrected chi connectivity index (χ2v) is 38.6. The largest absolute Gasteiger partial charge is 0.319 e. The molecule has 0 aliphatic carbocycles. The van der Waals surface area contributed by atoms with Crippen molar-refractivity contribution in [2.24, 2.45) is 7.05 Å². The standard InChI is InChI=1S/C43H37N4.C42H35N4.C40H31N4.3Pt/c1-42(2,3)46-29-45(38-20-11-12-21-39(38)46)34-17-13-16-32(27-34)43(4,5)33-22-23-36-35-18-9-10-19-37(35)47(40(36)28-33)41-26-31(24-25-44-41)30-14-7-6-8-15-30;1-29(2)44-28-45(39-20-11-10-19-38(39)44)34-16-12-15-32(26-34)42(3,4)33-21-22-36-35-17-8-9-18-37(35)46(40(36)27-33)41-25-31(23-24-43-41)30-13-6-5-7-14-30;1-40(2,30-14-11-15-32(25-30)43-27-42(3)36-18-9-10-19-37(36)43)31-20-21-34-33-16-7-8-17-35(33)44(38(34)26-31)39-24-29(22-23-41-39)28-12-5-4-6-13-28;;;/h6-26,29H,1-5H3;5-25,28-29H,1-4H3;4-24,27H,1-3H3;;;/q3*-1;;;. The molecule has 15 heteroatoms. The van der Waals surface area contributed by atoms with Gasteiger partial charge in [-0.15, -0.1) is 69.2 Å². The van der Waals surface area contributed by atoms with E-state index in [2.05, 4.69) is 525 Å². The summed E-state index contributed by atoms with van der Waals surface area (Å²) in [7, 11) is 2.08. The van der Waals surface area contributed by atoms with Gasteiger partial charge in [-0.05, 0) is 191 Å². The van der Waals surface area contributed by atoms with Crippen LogP contribution < -0.4 is 0 Å². The zero-order valence-corrected chi connectivity index (χ0v) is 86.8. The minimum absolute atomic E-state index is 0. The maximum absolute atomic E-state index is 4.88. The Morgan fingerprint density at radius 3 is 0.886 bits per heavy atom. The first-order valence-electron chi connectivity index (χ1n) is 47.1. The number of rotatable bonds is 16. The van der Waals surface area contributed by atoms with Gasteiger partial charge in [0.1, 0.15) is 17.5 Å². The molecule has 0 N–H and O–H groups in total. The molecule has 15 aromatic carbocycles. The average Bonchev–Trinajstić information content (AvgIpc) is 1.59. The molecule has 0 bridgehead atoms. The molecule has 0 aliphatic rings. The molecule has 9 aromatic heterocycles. The van der Waals surface area contributed by atoms with Crippen molar-refractivity contribution in [3.05, 3.63) is 471 Å². The summed E-state index contributed by atoms with van der Waals surface area (Å²) in [5.74, 6) is 2.64. The van der Waals surface area contributed by atoms with Crippen molar-refractivity contribution in [1.29, 1.82) is 0 Å². The first-order chi connectivity index (χ1) is 66.6. The molecular formula is C125H103N12Pt3-3. The molecular weight excluding hydrogens is 2250 g/mol. The molecule has 0 unspecified atom stereocenters. The summed E-state index contributed by atoms with van der Waals surface area (Å²) in [6.45, 7) is 24.8. The number of nitrogens with zero attached hydrogens (tertiary/aromatic N) is 12. The van der Waals surface area contributed by atoms with E-state index in [1.54, 1.807) is 0 Å². The summed E-state index contributed by atoms with van der Waals surface area (Å²) in [4.78, 5) is 14.6. The molecule has 0 spiro atoms. The van der Waals surface area contributed by atoms with E-state index in [1.807, 2.05) is 36.8 Å². The second kappa shape index (κ2) is 38.4. The maximum atomic E-state index is 4.88. The fraction of sp³-hybridized carbons (Fsp3) is 0.136. The zero-order chi connectivity index (χ0) is 93.6. The van der Waals surface area contributed by atoms with Crippen LogP contribution in [0.4, 0.5) is 0 Å². The van der Waals surface area contributed by atoms with E-state index in [1.165, 1.54) is 54.9 Å². The smallest absolute Gasteiger partial charge is 0.188 e. The number of hydrogen-bond acceptors (Lipinski definition) is 3. The molecule has 9 heterocycles. The molecule has 0 aliphatic heterocycles. The number of pyridine rings is 3. The van der Waals surface area contributed by atoms with Gasteiger partial charge in [-0.1, -0.05) is 204 Å². The van der Waals surface area contributed by atoms with Crippen LogP contribution in [0.1, 0.15) is 116 Å². The summed E-state index contributed by atoms with van der Waals surface area (Å²) in [5.41, 5.74) is 29.0. The van der Waals surface area contributed by atoms with Crippen LogP contribution in [0.3, 0.4) is 0 Å². The van der Waals surface area contributed by atoms with Crippen molar-refractivity contribution < 1.29 is 63.2 Å². The Labute approximate surface area is 860 Å². The Bertz CT molecular complexity index is 8740. The van der Waals surface area contributed by atoms with Gasteiger partial charge in [-0.25, -0.2) is 42.4 Å². The van der Waals surface area contributed by atoms with Gasteiger partial charge >= 0.3 is 0 Å². The van der Waals surface area contributed by atoms with Crippen LogP contribution in [0.2, 0.25) is 0 Å². The normalized spacial score (nSPS) is 11.9. The molecule has 140 heavy (non-hydrogen) atoms. The molecule has 0 saturated carbocycles. The molecule has 0 amide bonds. The number of benzene rings is 15. The summed E-state index contributed by atoms with van der Waals surface area (Å²) in [6, 6.07) is 152. The van der Waals surface area contributed by atoms with Crippen LogP contribution in [-0.2, 0) is 92.0 Å². The van der Waals surface area contributed by atoms with Gasteiger partial charge in [0.25, 0.3) is 0 Å². The van der Waals surface area contributed by atoms with Gasteiger partial charge in [0.2, 0.25) is 0 Å². The van der Waals surface area contributed by atoms with Gasteiger partial charge in [-0.3, -0.25) is 0 Å². The molecule has 12 nitrogen and oxygen atoms in total. The maximum Gasteiger partial charge on any atom is 0.188 e. The summed E-state index contributed by atoms with van der Waals surface area (Å²) < 4.78 is 20.3.